The maximum atomic E-state index is 12.4. The fraction of sp³-hybridized carbons (Fsp3) is 0.765. The molecule has 23 heavy (non-hydrogen) atoms. The number of urea groups is 1. The van der Waals surface area contributed by atoms with Crippen LogP contribution in [0.1, 0.15) is 39.1 Å². The molecule has 0 spiro atoms. The summed E-state index contributed by atoms with van der Waals surface area (Å²) >= 11 is 0. The molecule has 2 unspecified atom stereocenters. The molecular weight excluding hydrogens is 292 g/mol. The Labute approximate surface area is 139 Å². The molecule has 1 aromatic heterocycles. The quantitative estimate of drug-likeness (QED) is 0.925. The van der Waals surface area contributed by atoms with Gasteiger partial charge in [-0.25, -0.2) is 4.79 Å². The van der Waals surface area contributed by atoms with Gasteiger partial charge in [0.15, 0.2) is 0 Å². The largest absolute Gasteiger partial charge is 0.369 e. The Kier molecular flexibility index (Phi) is 5.34. The zero-order valence-electron chi connectivity index (χ0n) is 15.2. The molecule has 2 heterocycles. The number of hydrogen-bond acceptors (Lipinski definition) is 3. The van der Waals surface area contributed by atoms with Gasteiger partial charge in [-0.15, -0.1) is 0 Å². The first kappa shape index (κ1) is 17.8. The first-order chi connectivity index (χ1) is 10.7. The van der Waals surface area contributed by atoms with Gasteiger partial charge in [-0.05, 0) is 46.6 Å². The molecule has 1 aliphatic heterocycles. The van der Waals surface area contributed by atoms with Gasteiger partial charge in [-0.1, -0.05) is 6.92 Å². The van der Waals surface area contributed by atoms with Crippen molar-refractivity contribution in [2.75, 3.05) is 19.6 Å². The molecule has 6 nitrogen and oxygen atoms in total. The van der Waals surface area contributed by atoms with Crippen molar-refractivity contribution in [3.63, 3.8) is 0 Å². The summed E-state index contributed by atoms with van der Waals surface area (Å²) in [7, 11) is 0. The second kappa shape index (κ2) is 6.91. The zero-order chi connectivity index (χ0) is 17.2. The molecule has 0 saturated carbocycles. The van der Waals surface area contributed by atoms with Gasteiger partial charge in [-0.2, -0.15) is 5.10 Å². The smallest absolute Gasteiger partial charge is 0.317 e. The number of rotatable bonds is 4. The van der Waals surface area contributed by atoms with Gasteiger partial charge < -0.3 is 15.0 Å². The summed E-state index contributed by atoms with van der Waals surface area (Å²) in [5.74, 6) is 0.323. The number of aryl methyl sites for hydroxylation is 2. The predicted octanol–water partition coefficient (Wildman–Crippen LogP) is 2.34. The van der Waals surface area contributed by atoms with Crippen molar-refractivity contribution in [2.45, 2.75) is 59.8 Å². The molecule has 2 amide bonds. The summed E-state index contributed by atoms with van der Waals surface area (Å²) in [6.45, 7) is 14.9. The minimum absolute atomic E-state index is 0.00607. The second-order valence-corrected chi connectivity index (χ2v) is 7.47. The van der Waals surface area contributed by atoms with Crippen molar-refractivity contribution in [3.8, 4) is 0 Å². The van der Waals surface area contributed by atoms with Crippen molar-refractivity contribution in [1.82, 2.24) is 20.0 Å². The minimum atomic E-state index is -0.287. The van der Waals surface area contributed by atoms with E-state index >= 15 is 0 Å². The lowest BCUT2D eigenvalue weighted by atomic mass is 10.1. The maximum Gasteiger partial charge on any atom is 0.317 e. The van der Waals surface area contributed by atoms with Crippen molar-refractivity contribution in [2.24, 2.45) is 5.92 Å². The average molecular weight is 322 g/mol. The van der Waals surface area contributed by atoms with E-state index in [0.717, 1.165) is 17.9 Å². The second-order valence-electron chi connectivity index (χ2n) is 7.47. The highest BCUT2D eigenvalue weighted by Crippen LogP contribution is 2.20. The number of ether oxygens (including phenoxy) is 1. The molecule has 2 atom stereocenters. The Morgan fingerprint density at radius 3 is 2.78 bits per heavy atom. The molecule has 1 aromatic rings. The van der Waals surface area contributed by atoms with Crippen LogP contribution in [0.15, 0.2) is 6.07 Å². The normalized spacial score (nSPS) is 22.0. The Balaban J connectivity index is 1.82. The van der Waals surface area contributed by atoms with Gasteiger partial charge in [0.1, 0.15) is 0 Å². The number of aromatic nitrogens is 2. The molecule has 0 aliphatic carbocycles. The maximum absolute atomic E-state index is 12.4. The SMILES string of the molecule is Cc1cc(C)n(CC(C)CNC(=O)N2CC(C)OC(C)(C)C2)n1. The number of hydrogen-bond donors (Lipinski definition) is 1. The van der Waals surface area contributed by atoms with Gasteiger partial charge >= 0.3 is 6.03 Å². The van der Waals surface area contributed by atoms with Crippen molar-refractivity contribution >= 4 is 6.03 Å². The monoisotopic (exact) mass is 322 g/mol. The number of morpholine rings is 1. The Morgan fingerprint density at radius 2 is 2.22 bits per heavy atom. The number of carbonyl (C=O) groups is 1. The van der Waals surface area contributed by atoms with Gasteiger partial charge in [0.05, 0.1) is 23.9 Å². The molecule has 0 aromatic carbocycles. The summed E-state index contributed by atoms with van der Waals surface area (Å²) in [4.78, 5) is 14.2. The topological polar surface area (TPSA) is 59.4 Å². The fourth-order valence-corrected chi connectivity index (χ4v) is 3.20. The number of carbonyl (C=O) groups excluding carboxylic acids is 1. The Bertz CT molecular complexity index is 553. The van der Waals surface area contributed by atoms with E-state index in [4.69, 9.17) is 4.74 Å². The van der Waals surface area contributed by atoms with Crippen LogP contribution in [0, 0.1) is 19.8 Å². The average Bonchev–Trinajstić information content (AvgIpc) is 2.71. The molecular formula is C17H30N4O2. The highest BCUT2D eigenvalue weighted by Gasteiger charge is 2.33. The highest BCUT2D eigenvalue weighted by atomic mass is 16.5. The van der Waals surface area contributed by atoms with Crippen LogP contribution in [0.3, 0.4) is 0 Å². The lowest BCUT2D eigenvalue weighted by molar-refractivity contribution is -0.117. The van der Waals surface area contributed by atoms with E-state index in [-0.39, 0.29) is 17.7 Å². The van der Waals surface area contributed by atoms with Crippen LogP contribution in [0.25, 0.3) is 0 Å². The fourth-order valence-electron chi connectivity index (χ4n) is 3.20. The van der Waals surface area contributed by atoms with E-state index in [9.17, 15) is 4.79 Å². The summed E-state index contributed by atoms with van der Waals surface area (Å²) in [6.07, 6.45) is 0.0663. The third-order valence-corrected chi connectivity index (χ3v) is 4.05. The lowest BCUT2D eigenvalue weighted by Crippen LogP contribution is -2.56. The first-order valence-electron chi connectivity index (χ1n) is 8.38. The summed E-state index contributed by atoms with van der Waals surface area (Å²) < 4.78 is 7.85. The van der Waals surface area contributed by atoms with Gasteiger partial charge in [0.25, 0.3) is 0 Å². The van der Waals surface area contributed by atoms with Crippen LogP contribution in [0.5, 0.6) is 0 Å². The van der Waals surface area contributed by atoms with E-state index in [0.29, 0.717) is 25.6 Å². The standard InChI is InChI=1S/C17H30N4O2/c1-12(9-21-14(3)7-13(2)19-21)8-18-16(22)20-10-15(4)23-17(5,6)11-20/h7,12,15H,8-11H2,1-6H3,(H,18,22). The molecule has 2 rings (SSSR count). The van der Waals surface area contributed by atoms with Crippen LogP contribution in [-0.4, -0.2) is 52.1 Å². The van der Waals surface area contributed by atoms with Crippen molar-refractivity contribution in [3.05, 3.63) is 17.5 Å². The first-order valence-corrected chi connectivity index (χ1v) is 8.38. The summed E-state index contributed by atoms with van der Waals surface area (Å²) in [5.41, 5.74) is 1.90. The van der Waals surface area contributed by atoms with Crippen LogP contribution < -0.4 is 5.32 Å². The molecule has 1 saturated heterocycles. The zero-order valence-corrected chi connectivity index (χ0v) is 15.2. The third-order valence-electron chi connectivity index (χ3n) is 4.05. The van der Waals surface area contributed by atoms with E-state index in [1.807, 2.05) is 37.3 Å². The van der Waals surface area contributed by atoms with Gasteiger partial charge in [0.2, 0.25) is 0 Å². The van der Waals surface area contributed by atoms with Crippen LogP contribution in [0.2, 0.25) is 0 Å². The Morgan fingerprint density at radius 1 is 1.52 bits per heavy atom. The molecule has 1 N–H and O–H groups in total. The molecule has 1 aliphatic rings. The molecule has 0 radical (unpaired) electrons. The molecule has 130 valence electrons. The lowest BCUT2D eigenvalue weighted by Gasteiger charge is -2.41. The van der Waals surface area contributed by atoms with Crippen molar-refractivity contribution in [1.29, 1.82) is 0 Å². The van der Waals surface area contributed by atoms with E-state index in [1.54, 1.807) is 0 Å². The van der Waals surface area contributed by atoms with Crippen LogP contribution in [0.4, 0.5) is 4.79 Å². The van der Waals surface area contributed by atoms with E-state index in [1.165, 1.54) is 0 Å². The molecule has 6 heteroatoms. The minimum Gasteiger partial charge on any atom is -0.369 e. The van der Waals surface area contributed by atoms with E-state index in [2.05, 4.69) is 30.3 Å². The number of amides is 2. The third kappa shape index (κ3) is 4.96. The number of nitrogens with zero attached hydrogens (tertiary/aromatic N) is 3. The molecule has 0 bridgehead atoms. The summed E-state index contributed by atoms with van der Waals surface area (Å²) in [5, 5.41) is 7.52. The van der Waals surface area contributed by atoms with Crippen LogP contribution >= 0.6 is 0 Å². The Hall–Kier alpha value is -1.56. The van der Waals surface area contributed by atoms with Crippen LogP contribution in [-0.2, 0) is 11.3 Å². The van der Waals surface area contributed by atoms with E-state index < -0.39 is 0 Å². The van der Waals surface area contributed by atoms with Gasteiger partial charge in [-0.3, -0.25) is 4.68 Å². The highest BCUT2D eigenvalue weighted by molar-refractivity contribution is 5.74. The predicted molar refractivity (Wildman–Crippen MR) is 90.5 cm³/mol. The molecule has 1 fully saturated rings. The van der Waals surface area contributed by atoms with Crippen molar-refractivity contribution < 1.29 is 9.53 Å². The van der Waals surface area contributed by atoms with Gasteiger partial charge in [0, 0.05) is 25.3 Å². The summed E-state index contributed by atoms with van der Waals surface area (Å²) in [6, 6.07) is 2.07. The number of nitrogens with one attached hydrogen (secondary N) is 1.